The quantitative estimate of drug-likeness (QED) is 0.631. The molecule has 28 heavy (non-hydrogen) atoms. The number of nitrogens with one attached hydrogen (secondary N) is 2. The van der Waals surface area contributed by atoms with Gasteiger partial charge in [-0.05, 0) is 55.4 Å². The number of hydrogen-bond donors (Lipinski definition) is 2. The van der Waals surface area contributed by atoms with Crippen LogP contribution in [0.4, 0.5) is 5.69 Å². The molecule has 1 heterocycles. The number of thiocarbonyl (C=S) groups is 1. The van der Waals surface area contributed by atoms with E-state index in [9.17, 15) is 4.79 Å². The van der Waals surface area contributed by atoms with Gasteiger partial charge in [0.25, 0.3) is 5.91 Å². The molecule has 0 fully saturated rings. The maximum absolute atomic E-state index is 12.5. The predicted octanol–water partition coefficient (Wildman–Crippen LogP) is 4.40. The Balaban J connectivity index is 1.60. The fourth-order valence-electron chi connectivity index (χ4n) is 2.77. The number of nitrogens with zero attached hydrogens (tertiary/aromatic N) is 1. The molecule has 1 amide bonds. The van der Waals surface area contributed by atoms with Crippen LogP contribution >= 0.6 is 12.2 Å². The summed E-state index contributed by atoms with van der Waals surface area (Å²) in [5.41, 5.74) is 3.87. The van der Waals surface area contributed by atoms with Gasteiger partial charge in [0, 0.05) is 18.0 Å². The highest BCUT2D eigenvalue weighted by Gasteiger charge is 2.14. The minimum Gasteiger partial charge on any atom is -0.489 e. The Bertz CT molecular complexity index is 970. The molecule has 0 unspecified atom stereocenters. The number of ether oxygens (including phenoxy) is 1. The number of pyridine rings is 1. The zero-order chi connectivity index (χ0) is 19.9. The molecule has 1 aromatic heterocycles. The number of benzene rings is 2. The van der Waals surface area contributed by atoms with Gasteiger partial charge < -0.3 is 10.1 Å². The summed E-state index contributed by atoms with van der Waals surface area (Å²) in [6, 6.07) is 19.2. The van der Waals surface area contributed by atoms with Crippen molar-refractivity contribution >= 4 is 28.9 Å². The van der Waals surface area contributed by atoms with Crippen molar-refractivity contribution in [2.45, 2.75) is 20.5 Å². The summed E-state index contributed by atoms with van der Waals surface area (Å²) >= 11 is 5.28. The Kier molecular flexibility index (Phi) is 6.34. The third kappa shape index (κ3) is 5.14. The van der Waals surface area contributed by atoms with E-state index in [0.29, 0.717) is 23.6 Å². The van der Waals surface area contributed by atoms with Crippen LogP contribution in [0.1, 0.15) is 27.2 Å². The smallest absolute Gasteiger partial charge is 0.259 e. The SMILES string of the molecule is Cc1ccnc(C)c1C(=O)NC(=S)Nc1cccc(OCc2ccccc2)c1. The van der Waals surface area contributed by atoms with E-state index in [1.807, 2.05) is 61.5 Å². The lowest BCUT2D eigenvalue weighted by Crippen LogP contribution is -2.35. The van der Waals surface area contributed by atoms with Crippen LogP contribution in [0.25, 0.3) is 0 Å². The minimum atomic E-state index is -0.280. The van der Waals surface area contributed by atoms with Gasteiger partial charge in [-0.3, -0.25) is 15.1 Å². The number of rotatable bonds is 5. The number of amides is 1. The van der Waals surface area contributed by atoms with Gasteiger partial charge >= 0.3 is 0 Å². The summed E-state index contributed by atoms with van der Waals surface area (Å²) < 4.78 is 5.82. The Hall–Kier alpha value is -3.25. The molecule has 2 N–H and O–H groups in total. The van der Waals surface area contributed by atoms with E-state index in [4.69, 9.17) is 17.0 Å². The maximum Gasteiger partial charge on any atom is 0.259 e. The summed E-state index contributed by atoms with van der Waals surface area (Å²) in [7, 11) is 0. The van der Waals surface area contributed by atoms with Crippen LogP contribution in [0, 0.1) is 13.8 Å². The number of anilines is 1. The molecule has 3 aromatic rings. The average molecular weight is 391 g/mol. The summed E-state index contributed by atoms with van der Waals surface area (Å²) in [4.78, 5) is 16.7. The highest BCUT2D eigenvalue weighted by molar-refractivity contribution is 7.80. The van der Waals surface area contributed by atoms with Crippen molar-refractivity contribution in [3.05, 3.63) is 89.2 Å². The Morgan fingerprint density at radius 1 is 1.07 bits per heavy atom. The molecule has 3 rings (SSSR count). The van der Waals surface area contributed by atoms with E-state index in [1.165, 1.54) is 0 Å². The van der Waals surface area contributed by atoms with Crippen molar-refractivity contribution < 1.29 is 9.53 Å². The van der Waals surface area contributed by atoms with Crippen molar-refractivity contribution in [1.82, 2.24) is 10.3 Å². The van der Waals surface area contributed by atoms with Gasteiger partial charge in [0.1, 0.15) is 12.4 Å². The number of aryl methyl sites for hydroxylation is 2. The van der Waals surface area contributed by atoms with Gasteiger partial charge in [0.05, 0.1) is 11.3 Å². The summed E-state index contributed by atoms with van der Waals surface area (Å²) in [5, 5.41) is 5.94. The van der Waals surface area contributed by atoms with Gasteiger partial charge in [-0.2, -0.15) is 0 Å². The van der Waals surface area contributed by atoms with Crippen LogP contribution in [0.2, 0.25) is 0 Å². The molecule has 2 aromatic carbocycles. The van der Waals surface area contributed by atoms with Crippen LogP contribution in [-0.2, 0) is 6.61 Å². The first-order valence-corrected chi connectivity index (χ1v) is 9.25. The van der Waals surface area contributed by atoms with Gasteiger partial charge in [0.2, 0.25) is 0 Å². The molecular formula is C22H21N3O2S. The molecule has 6 heteroatoms. The zero-order valence-electron chi connectivity index (χ0n) is 15.7. The van der Waals surface area contributed by atoms with Gasteiger partial charge in [0.15, 0.2) is 5.11 Å². The van der Waals surface area contributed by atoms with Crippen molar-refractivity contribution in [3.63, 3.8) is 0 Å². The maximum atomic E-state index is 12.5. The standard InChI is InChI=1S/C22H21N3O2S/c1-15-11-12-23-16(2)20(15)21(26)25-22(28)24-18-9-6-10-19(13-18)27-14-17-7-4-3-5-8-17/h3-13H,14H2,1-2H3,(H2,24,25,26,28). The largest absolute Gasteiger partial charge is 0.489 e. The van der Waals surface area contributed by atoms with E-state index in [0.717, 1.165) is 16.8 Å². The second-order valence-corrected chi connectivity index (χ2v) is 6.71. The fourth-order valence-corrected chi connectivity index (χ4v) is 2.98. The Morgan fingerprint density at radius 3 is 2.61 bits per heavy atom. The lowest BCUT2D eigenvalue weighted by Gasteiger charge is -2.13. The minimum absolute atomic E-state index is 0.216. The number of carbonyl (C=O) groups excluding carboxylic acids is 1. The molecule has 5 nitrogen and oxygen atoms in total. The molecule has 0 bridgehead atoms. The molecule has 0 atom stereocenters. The first-order valence-electron chi connectivity index (χ1n) is 8.84. The average Bonchev–Trinajstić information content (AvgIpc) is 2.67. The third-order valence-corrected chi connectivity index (χ3v) is 4.35. The first-order chi connectivity index (χ1) is 13.5. The molecule has 142 valence electrons. The summed E-state index contributed by atoms with van der Waals surface area (Å²) in [5.74, 6) is 0.430. The lowest BCUT2D eigenvalue weighted by atomic mass is 10.1. The number of aromatic nitrogens is 1. The molecule has 0 radical (unpaired) electrons. The normalized spacial score (nSPS) is 10.2. The van der Waals surface area contributed by atoms with Crippen LogP contribution in [0.3, 0.4) is 0 Å². The highest BCUT2D eigenvalue weighted by atomic mass is 32.1. The second-order valence-electron chi connectivity index (χ2n) is 6.30. The molecular weight excluding hydrogens is 370 g/mol. The number of hydrogen-bond acceptors (Lipinski definition) is 4. The Morgan fingerprint density at radius 2 is 1.86 bits per heavy atom. The summed E-state index contributed by atoms with van der Waals surface area (Å²) in [6.45, 7) is 4.14. The topological polar surface area (TPSA) is 63.2 Å². The van der Waals surface area contributed by atoms with E-state index >= 15 is 0 Å². The monoisotopic (exact) mass is 391 g/mol. The first kappa shape index (κ1) is 19.5. The second kappa shape index (κ2) is 9.10. The van der Waals surface area contributed by atoms with Gasteiger partial charge in [-0.25, -0.2) is 0 Å². The fraction of sp³-hybridized carbons (Fsp3) is 0.136. The lowest BCUT2D eigenvalue weighted by molar-refractivity contribution is 0.0976. The van der Waals surface area contributed by atoms with E-state index in [2.05, 4.69) is 15.6 Å². The van der Waals surface area contributed by atoms with Gasteiger partial charge in [-0.1, -0.05) is 36.4 Å². The number of carbonyl (C=O) groups is 1. The van der Waals surface area contributed by atoms with Crippen molar-refractivity contribution in [2.24, 2.45) is 0 Å². The highest BCUT2D eigenvalue weighted by Crippen LogP contribution is 2.19. The zero-order valence-corrected chi connectivity index (χ0v) is 16.5. The molecule has 0 saturated carbocycles. The van der Waals surface area contributed by atoms with Crippen molar-refractivity contribution in [3.8, 4) is 5.75 Å². The van der Waals surface area contributed by atoms with Crippen LogP contribution in [0.5, 0.6) is 5.75 Å². The van der Waals surface area contributed by atoms with E-state index < -0.39 is 0 Å². The van der Waals surface area contributed by atoms with Gasteiger partial charge in [-0.15, -0.1) is 0 Å². The molecule has 0 aliphatic rings. The van der Waals surface area contributed by atoms with Crippen molar-refractivity contribution in [2.75, 3.05) is 5.32 Å². The van der Waals surface area contributed by atoms with E-state index in [1.54, 1.807) is 19.2 Å². The van der Waals surface area contributed by atoms with E-state index in [-0.39, 0.29) is 11.0 Å². The molecule has 0 spiro atoms. The van der Waals surface area contributed by atoms with Crippen LogP contribution in [0.15, 0.2) is 66.9 Å². The van der Waals surface area contributed by atoms with Crippen LogP contribution in [-0.4, -0.2) is 16.0 Å². The molecule has 0 saturated heterocycles. The Labute approximate surface area is 169 Å². The summed E-state index contributed by atoms with van der Waals surface area (Å²) in [6.07, 6.45) is 1.68. The molecule has 0 aliphatic heterocycles. The van der Waals surface area contributed by atoms with Crippen molar-refractivity contribution in [1.29, 1.82) is 0 Å². The van der Waals surface area contributed by atoms with Crippen LogP contribution < -0.4 is 15.4 Å². The third-order valence-electron chi connectivity index (χ3n) is 4.14. The molecule has 0 aliphatic carbocycles. The predicted molar refractivity (Wildman–Crippen MR) is 115 cm³/mol.